The van der Waals surface area contributed by atoms with E-state index in [9.17, 15) is 9.59 Å². The van der Waals surface area contributed by atoms with Gasteiger partial charge in [-0.15, -0.1) is 0 Å². The number of carboxylic acids is 1. The van der Waals surface area contributed by atoms with E-state index in [2.05, 4.69) is 0 Å². The molecule has 1 aliphatic carbocycles. The molecule has 0 aliphatic heterocycles. The third-order valence-corrected chi connectivity index (χ3v) is 3.52. The third-order valence-electron chi connectivity index (χ3n) is 3.52. The van der Waals surface area contributed by atoms with E-state index in [0.29, 0.717) is 6.42 Å². The van der Waals surface area contributed by atoms with Gasteiger partial charge in [-0.25, -0.2) is 0 Å². The number of amides is 1. The molecule has 0 spiro atoms. The van der Waals surface area contributed by atoms with Gasteiger partial charge in [-0.05, 0) is 33.1 Å². The fourth-order valence-electron chi connectivity index (χ4n) is 2.43. The van der Waals surface area contributed by atoms with Gasteiger partial charge in [0.1, 0.15) is 12.6 Å². The standard InChI is InChI=1S/C14H25NO4/c1-4-12(19-11-7-5-6-8-11)14(18)15(10(2)3)9-13(16)17/h10-12H,4-9H2,1-3H3,(H,16,17). The first-order chi connectivity index (χ1) is 8.95. The van der Waals surface area contributed by atoms with Crippen LogP contribution in [0.4, 0.5) is 0 Å². The minimum absolute atomic E-state index is 0.134. The highest BCUT2D eigenvalue weighted by atomic mass is 16.5. The number of hydrogen-bond donors (Lipinski definition) is 1. The van der Waals surface area contributed by atoms with Gasteiger partial charge >= 0.3 is 5.97 Å². The summed E-state index contributed by atoms with van der Waals surface area (Å²) in [6, 6.07) is -0.134. The smallest absolute Gasteiger partial charge is 0.323 e. The molecule has 1 amide bonds. The summed E-state index contributed by atoms with van der Waals surface area (Å²) in [6.45, 7) is 5.28. The molecule has 1 unspecified atom stereocenters. The lowest BCUT2D eigenvalue weighted by Crippen LogP contribution is -2.47. The zero-order chi connectivity index (χ0) is 14.4. The molecular weight excluding hydrogens is 246 g/mol. The zero-order valence-electron chi connectivity index (χ0n) is 12.1. The average molecular weight is 271 g/mol. The Morgan fingerprint density at radius 1 is 1.32 bits per heavy atom. The van der Waals surface area contributed by atoms with E-state index in [4.69, 9.17) is 9.84 Å². The number of ether oxygens (including phenoxy) is 1. The van der Waals surface area contributed by atoms with Crippen molar-refractivity contribution in [3.05, 3.63) is 0 Å². The molecule has 1 saturated carbocycles. The Balaban J connectivity index is 2.65. The van der Waals surface area contributed by atoms with E-state index in [1.54, 1.807) is 0 Å². The summed E-state index contributed by atoms with van der Waals surface area (Å²) in [5, 5.41) is 8.89. The van der Waals surface area contributed by atoms with Crippen LogP contribution in [-0.2, 0) is 14.3 Å². The molecule has 1 N–H and O–H groups in total. The van der Waals surface area contributed by atoms with Crippen LogP contribution in [0.2, 0.25) is 0 Å². The maximum absolute atomic E-state index is 12.4. The molecule has 0 aromatic rings. The molecule has 19 heavy (non-hydrogen) atoms. The average Bonchev–Trinajstić information content (AvgIpc) is 2.84. The molecule has 5 nitrogen and oxygen atoms in total. The summed E-state index contributed by atoms with van der Waals surface area (Å²) in [5.41, 5.74) is 0. The molecule has 110 valence electrons. The molecular formula is C14H25NO4. The Kier molecular flexibility index (Phi) is 6.28. The molecule has 5 heteroatoms. The molecule has 0 aromatic heterocycles. The maximum atomic E-state index is 12.4. The Hall–Kier alpha value is -1.10. The highest BCUT2D eigenvalue weighted by Gasteiger charge is 2.30. The monoisotopic (exact) mass is 271 g/mol. The topological polar surface area (TPSA) is 66.8 Å². The van der Waals surface area contributed by atoms with E-state index in [1.165, 1.54) is 4.90 Å². The molecule has 0 aromatic carbocycles. The van der Waals surface area contributed by atoms with Gasteiger partial charge < -0.3 is 14.7 Å². The highest BCUT2D eigenvalue weighted by molar-refractivity contribution is 5.84. The first kappa shape index (κ1) is 16.0. The number of hydrogen-bond acceptors (Lipinski definition) is 3. The van der Waals surface area contributed by atoms with Gasteiger partial charge in [0.25, 0.3) is 5.91 Å². The van der Waals surface area contributed by atoms with Gasteiger partial charge in [0.15, 0.2) is 0 Å². The van der Waals surface area contributed by atoms with Gasteiger partial charge in [0.2, 0.25) is 0 Å². The maximum Gasteiger partial charge on any atom is 0.323 e. The summed E-state index contributed by atoms with van der Waals surface area (Å²) in [5.74, 6) is -1.19. The normalized spacial score (nSPS) is 17.7. The minimum Gasteiger partial charge on any atom is -0.480 e. The van der Waals surface area contributed by atoms with Gasteiger partial charge in [0, 0.05) is 6.04 Å². The van der Waals surface area contributed by atoms with Crippen LogP contribution >= 0.6 is 0 Å². The first-order valence-corrected chi connectivity index (χ1v) is 7.13. The van der Waals surface area contributed by atoms with Gasteiger partial charge in [-0.2, -0.15) is 0 Å². The van der Waals surface area contributed by atoms with Crippen molar-refractivity contribution in [2.24, 2.45) is 0 Å². The van der Waals surface area contributed by atoms with E-state index in [-0.39, 0.29) is 24.6 Å². The number of aliphatic carboxylic acids is 1. The largest absolute Gasteiger partial charge is 0.480 e. The van der Waals surface area contributed by atoms with Crippen LogP contribution < -0.4 is 0 Å². The number of carbonyl (C=O) groups is 2. The number of carbonyl (C=O) groups excluding carboxylic acids is 1. The van der Waals surface area contributed by atoms with Crippen LogP contribution in [-0.4, -0.2) is 46.7 Å². The number of carboxylic acid groups (broad SMARTS) is 1. The van der Waals surface area contributed by atoms with Crippen molar-refractivity contribution in [3.8, 4) is 0 Å². The third kappa shape index (κ3) is 4.82. The fraction of sp³-hybridized carbons (Fsp3) is 0.857. The molecule has 0 saturated heterocycles. The van der Waals surface area contributed by atoms with E-state index in [0.717, 1.165) is 25.7 Å². The lowest BCUT2D eigenvalue weighted by atomic mass is 10.2. The Bertz CT molecular complexity index is 311. The Morgan fingerprint density at radius 3 is 2.32 bits per heavy atom. The van der Waals surface area contributed by atoms with Crippen molar-refractivity contribution in [2.75, 3.05) is 6.54 Å². The van der Waals surface area contributed by atoms with Crippen molar-refractivity contribution in [3.63, 3.8) is 0 Å². The molecule has 1 aliphatic rings. The van der Waals surface area contributed by atoms with Crippen molar-refractivity contribution >= 4 is 11.9 Å². The van der Waals surface area contributed by atoms with Crippen LogP contribution in [0.1, 0.15) is 52.9 Å². The van der Waals surface area contributed by atoms with E-state index >= 15 is 0 Å². The Labute approximate surface area is 114 Å². The summed E-state index contributed by atoms with van der Waals surface area (Å²) < 4.78 is 5.85. The number of rotatable bonds is 7. The van der Waals surface area contributed by atoms with Crippen LogP contribution in [0.3, 0.4) is 0 Å². The van der Waals surface area contributed by atoms with Gasteiger partial charge in [-0.1, -0.05) is 19.8 Å². The molecule has 0 radical (unpaired) electrons. The molecule has 0 bridgehead atoms. The minimum atomic E-state index is -0.988. The quantitative estimate of drug-likeness (QED) is 0.769. The second-order valence-corrected chi connectivity index (χ2v) is 5.39. The predicted molar refractivity (Wildman–Crippen MR) is 71.9 cm³/mol. The lowest BCUT2D eigenvalue weighted by Gasteiger charge is -2.30. The van der Waals surface area contributed by atoms with Crippen molar-refractivity contribution in [1.29, 1.82) is 0 Å². The second kappa shape index (κ2) is 7.48. The van der Waals surface area contributed by atoms with Crippen LogP contribution in [0.5, 0.6) is 0 Å². The summed E-state index contributed by atoms with van der Waals surface area (Å²) >= 11 is 0. The summed E-state index contributed by atoms with van der Waals surface area (Å²) in [6.07, 6.45) is 4.54. The Morgan fingerprint density at radius 2 is 1.89 bits per heavy atom. The van der Waals surface area contributed by atoms with Crippen molar-refractivity contribution < 1.29 is 19.4 Å². The number of nitrogens with zero attached hydrogens (tertiary/aromatic N) is 1. The van der Waals surface area contributed by atoms with Crippen LogP contribution in [0.15, 0.2) is 0 Å². The zero-order valence-corrected chi connectivity index (χ0v) is 12.1. The van der Waals surface area contributed by atoms with Crippen LogP contribution in [0, 0.1) is 0 Å². The van der Waals surface area contributed by atoms with Crippen molar-refractivity contribution in [2.45, 2.75) is 71.1 Å². The van der Waals surface area contributed by atoms with E-state index < -0.39 is 12.1 Å². The van der Waals surface area contributed by atoms with Crippen LogP contribution in [0.25, 0.3) is 0 Å². The van der Waals surface area contributed by atoms with Crippen molar-refractivity contribution in [1.82, 2.24) is 4.90 Å². The van der Waals surface area contributed by atoms with Gasteiger partial charge in [0.05, 0.1) is 6.10 Å². The second-order valence-electron chi connectivity index (χ2n) is 5.39. The summed E-state index contributed by atoms with van der Waals surface area (Å²) in [4.78, 5) is 24.6. The molecule has 1 fully saturated rings. The molecule has 1 rings (SSSR count). The lowest BCUT2D eigenvalue weighted by molar-refractivity contribution is -0.155. The van der Waals surface area contributed by atoms with Gasteiger partial charge in [-0.3, -0.25) is 9.59 Å². The van der Waals surface area contributed by atoms with E-state index in [1.807, 2.05) is 20.8 Å². The fourth-order valence-corrected chi connectivity index (χ4v) is 2.43. The molecule has 0 heterocycles. The predicted octanol–water partition coefficient (Wildman–Crippen LogP) is 2.05. The SMILES string of the molecule is CCC(OC1CCCC1)C(=O)N(CC(=O)O)C(C)C. The summed E-state index contributed by atoms with van der Waals surface area (Å²) in [7, 11) is 0. The highest BCUT2D eigenvalue weighted by Crippen LogP contribution is 2.23. The molecule has 1 atom stereocenters. The first-order valence-electron chi connectivity index (χ1n) is 7.13.